The zero-order chi connectivity index (χ0) is 18.0. The summed E-state index contributed by atoms with van der Waals surface area (Å²) in [5.41, 5.74) is 0.877. The molecule has 3 atom stereocenters. The second kappa shape index (κ2) is 7.46. The lowest BCUT2D eigenvalue weighted by atomic mass is 9.80. The Kier molecular flexibility index (Phi) is 5.30. The number of nitrogens with zero attached hydrogens (tertiary/aromatic N) is 1. The first kappa shape index (κ1) is 17.8. The predicted molar refractivity (Wildman–Crippen MR) is 95.7 cm³/mol. The molecule has 0 bridgehead atoms. The molecule has 3 unspecified atom stereocenters. The first-order valence-electron chi connectivity index (χ1n) is 9.21. The molecule has 1 aromatic carbocycles. The van der Waals surface area contributed by atoms with Crippen LogP contribution in [-0.2, 0) is 9.59 Å². The molecular weight excluding hydrogens is 318 g/mol. The van der Waals surface area contributed by atoms with Crippen LogP contribution in [0.5, 0.6) is 5.75 Å². The van der Waals surface area contributed by atoms with Crippen molar-refractivity contribution in [3.8, 4) is 5.75 Å². The molecule has 5 heteroatoms. The Balaban J connectivity index is 1.82. The zero-order valence-electron chi connectivity index (χ0n) is 15.0. The van der Waals surface area contributed by atoms with Gasteiger partial charge in [0.05, 0.1) is 13.0 Å². The Bertz CT molecular complexity index is 623. The van der Waals surface area contributed by atoms with Crippen LogP contribution in [0, 0.1) is 17.8 Å². The number of amides is 1. The lowest BCUT2D eigenvalue weighted by Crippen LogP contribution is -2.45. The van der Waals surface area contributed by atoms with Crippen molar-refractivity contribution in [2.24, 2.45) is 17.8 Å². The summed E-state index contributed by atoms with van der Waals surface area (Å²) >= 11 is 0. The van der Waals surface area contributed by atoms with Crippen LogP contribution in [0.15, 0.2) is 24.3 Å². The minimum absolute atomic E-state index is 0.0792. The molecule has 1 amide bonds. The van der Waals surface area contributed by atoms with Gasteiger partial charge in [0.2, 0.25) is 5.91 Å². The van der Waals surface area contributed by atoms with E-state index in [0.29, 0.717) is 18.8 Å². The van der Waals surface area contributed by atoms with E-state index < -0.39 is 11.9 Å². The molecule has 3 rings (SSSR count). The van der Waals surface area contributed by atoms with Gasteiger partial charge in [-0.3, -0.25) is 9.59 Å². The van der Waals surface area contributed by atoms with Crippen LogP contribution >= 0.6 is 0 Å². The summed E-state index contributed by atoms with van der Waals surface area (Å²) in [6.45, 7) is 2.11. The molecule has 1 aromatic rings. The third-order valence-electron chi connectivity index (χ3n) is 5.67. The van der Waals surface area contributed by atoms with Crippen LogP contribution in [-0.4, -0.2) is 30.1 Å². The number of aliphatic carboxylic acids is 1. The maximum atomic E-state index is 13.3. The van der Waals surface area contributed by atoms with Crippen LogP contribution in [0.4, 0.5) is 5.69 Å². The number of hydrogen-bond acceptors (Lipinski definition) is 3. The maximum Gasteiger partial charge on any atom is 0.306 e. The molecule has 2 aliphatic carbocycles. The Labute approximate surface area is 149 Å². The van der Waals surface area contributed by atoms with Gasteiger partial charge in [0.25, 0.3) is 0 Å². The third kappa shape index (κ3) is 3.97. The molecule has 2 saturated carbocycles. The fourth-order valence-electron chi connectivity index (χ4n) is 3.93. The molecule has 1 N–H and O–H groups in total. The van der Waals surface area contributed by atoms with E-state index in [4.69, 9.17) is 4.74 Å². The molecule has 25 heavy (non-hydrogen) atoms. The van der Waals surface area contributed by atoms with Gasteiger partial charge in [-0.1, -0.05) is 6.42 Å². The molecule has 0 heterocycles. The largest absolute Gasteiger partial charge is 0.497 e. The van der Waals surface area contributed by atoms with Gasteiger partial charge in [0.1, 0.15) is 5.75 Å². The summed E-state index contributed by atoms with van der Waals surface area (Å²) in [6, 6.07) is 7.73. The van der Waals surface area contributed by atoms with Crippen molar-refractivity contribution in [2.45, 2.75) is 51.5 Å². The number of anilines is 1. The number of carboxylic acid groups (broad SMARTS) is 1. The molecular formula is C20H27NO4. The van der Waals surface area contributed by atoms with Crippen LogP contribution in [0.3, 0.4) is 0 Å². The van der Waals surface area contributed by atoms with Crippen molar-refractivity contribution in [1.82, 2.24) is 0 Å². The predicted octanol–water partition coefficient (Wildman–Crippen LogP) is 3.72. The lowest BCUT2D eigenvalue weighted by molar-refractivity contribution is -0.143. The van der Waals surface area contributed by atoms with Crippen molar-refractivity contribution in [3.63, 3.8) is 0 Å². The van der Waals surface area contributed by atoms with E-state index >= 15 is 0 Å². The summed E-state index contributed by atoms with van der Waals surface area (Å²) in [7, 11) is 1.62. The van der Waals surface area contributed by atoms with Gasteiger partial charge in [0, 0.05) is 17.6 Å². The summed E-state index contributed by atoms with van der Waals surface area (Å²) in [5, 5.41) is 9.32. The highest BCUT2D eigenvalue weighted by Gasteiger charge is 2.39. The van der Waals surface area contributed by atoms with Gasteiger partial charge in [-0.25, -0.2) is 0 Å². The number of rotatable bonds is 6. The highest BCUT2D eigenvalue weighted by atomic mass is 16.5. The number of hydrogen-bond donors (Lipinski definition) is 1. The Morgan fingerprint density at radius 3 is 2.32 bits per heavy atom. The molecule has 0 spiro atoms. The van der Waals surface area contributed by atoms with Gasteiger partial charge in [-0.15, -0.1) is 0 Å². The maximum absolute atomic E-state index is 13.3. The van der Waals surface area contributed by atoms with Crippen LogP contribution in [0.1, 0.15) is 45.4 Å². The molecule has 0 saturated heterocycles. The fourth-order valence-corrected chi connectivity index (χ4v) is 3.93. The number of benzene rings is 1. The van der Waals surface area contributed by atoms with Crippen LogP contribution in [0.2, 0.25) is 0 Å². The lowest BCUT2D eigenvalue weighted by Gasteiger charge is -2.35. The number of carbonyl (C=O) groups is 2. The number of ether oxygens (including phenoxy) is 1. The minimum atomic E-state index is -0.774. The molecule has 0 radical (unpaired) electrons. The first-order chi connectivity index (χ1) is 12.0. The summed E-state index contributed by atoms with van der Waals surface area (Å²) in [5.74, 6) is 0.0257. The second-order valence-electron chi connectivity index (χ2n) is 7.38. The number of carboxylic acids is 1. The van der Waals surface area contributed by atoms with E-state index in [1.807, 2.05) is 29.2 Å². The molecule has 136 valence electrons. The normalized spacial score (nSPS) is 24.4. The number of methoxy groups -OCH3 is 1. The van der Waals surface area contributed by atoms with Gasteiger partial charge in [-0.05, 0) is 69.2 Å². The highest BCUT2D eigenvalue weighted by molar-refractivity contribution is 5.96. The van der Waals surface area contributed by atoms with E-state index in [0.717, 1.165) is 37.1 Å². The van der Waals surface area contributed by atoms with E-state index in [1.165, 1.54) is 0 Å². The molecule has 2 fully saturated rings. The first-order valence-corrected chi connectivity index (χ1v) is 9.21. The quantitative estimate of drug-likeness (QED) is 0.853. The molecule has 0 aromatic heterocycles. The third-order valence-corrected chi connectivity index (χ3v) is 5.67. The minimum Gasteiger partial charge on any atom is -0.497 e. The molecule has 5 nitrogen and oxygen atoms in total. The summed E-state index contributed by atoms with van der Waals surface area (Å²) < 4.78 is 5.22. The average molecular weight is 345 g/mol. The van der Waals surface area contributed by atoms with Crippen molar-refractivity contribution in [1.29, 1.82) is 0 Å². The summed E-state index contributed by atoms with van der Waals surface area (Å²) in [6.07, 6.45) is 5.04. The summed E-state index contributed by atoms with van der Waals surface area (Å²) in [4.78, 5) is 26.6. The van der Waals surface area contributed by atoms with Gasteiger partial charge in [0.15, 0.2) is 0 Å². The van der Waals surface area contributed by atoms with Gasteiger partial charge >= 0.3 is 5.97 Å². The SMILES string of the molecule is COc1ccc(N(C(=O)C2CCCC(C(=O)O)C2)C(C)C2CC2)cc1. The van der Waals surface area contributed by atoms with Crippen molar-refractivity contribution in [2.75, 3.05) is 12.0 Å². The van der Waals surface area contributed by atoms with Crippen LogP contribution < -0.4 is 9.64 Å². The smallest absolute Gasteiger partial charge is 0.306 e. The Hall–Kier alpha value is -2.04. The van der Waals surface area contributed by atoms with E-state index in [9.17, 15) is 14.7 Å². The molecule has 0 aliphatic heterocycles. The Morgan fingerprint density at radius 2 is 1.76 bits per heavy atom. The van der Waals surface area contributed by atoms with Crippen LogP contribution in [0.25, 0.3) is 0 Å². The second-order valence-corrected chi connectivity index (χ2v) is 7.38. The van der Waals surface area contributed by atoms with E-state index in [2.05, 4.69) is 6.92 Å². The van der Waals surface area contributed by atoms with Gasteiger partial charge < -0.3 is 14.7 Å². The van der Waals surface area contributed by atoms with Crippen molar-refractivity contribution < 1.29 is 19.4 Å². The standard InChI is InChI=1S/C20H27NO4/c1-13(14-6-7-14)21(17-8-10-18(25-2)11-9-17)19(22)15-4-3-5-16(12-15)20(23)24/h8-11,13-16H,3-7,12H2,1-2H3,(H,23,24). The zero-order valence-corrected chi connectivity index (χ0v) is 15.0. The molecule has 2 aliphatic rings. The van der Waals surface area contributed by atoms with Gasteiger partial charge in [-0.2, -0.15) is 0 Å². The van der Waals surface area contributed by atoms with E-state index in [1.54, 1.807) is 7.11 Å². The monoisotopic (exact) mass is 345 g/mol. The van der Waals surface area contributed by atoms with Crippen molar-refractivity contribution >= 4 is 17.6 Å². The van der Waals surface area contributed by atoms with Crippen molar-refractivity contribution in [3.05, 3.63) is 24.3 Å². The number of carbonyl (C=O) groups excluding carboxylic acids is 1. The average Bonchev–Trinajstić information content (AvgIpc) is 3.47. The van der Waals surface area contributed by atoms with E-state index in [-0.39, 0.29) is 17.9 Å². The highest BCUT2D eigenvalue weighted by Crippen LogP contribution is 2.39. The Morgan fingerprint density at radius 1 is 1.12 bits per heavy atom. The fraction of sp³-hybridized carbons (Fsp3) is 0.600. The topological polar surface area (TPSA) is 66.8 Å².